The third-order valence-electron chi connectivity index (χ3n) is 4.26. The summed E-state index contributed by atoms with van der Waals surface area (Å²) in [7, 11) is 0. The number of esters is 1. The van der Waals surface area contributed by atoms with E-state index in [0.717, 1.165) is 32.5 Å². The highest BCUT2D eigenvalue weighted by Gasteiger charge is 2.03. The van der Waals surface area contributed by atoms with Crippen molar-refractivity contribution in [3.8, 4) is 0 Å². The monoisotopic (exact) mass is 313 g/mol. The molecule has 0 rings (SSSR count). The second-order valence-electron chi connectivity index (χ2n) is 6.18. The van der Waals surface area contributed by atoms with E-state index in [2.05, 4.69) is 25.7 Å². The lowest BCUT2D eigenvalue weighted by molar-refractivity contribution is -0.143. The number of nitrogens with zero attached hydrogens (tertiary/aromatic N) is 1. The van der Waals surface area contributed by atoms with Gasteiger partial charge in [0.1, 0.15) is 0 Å². The lowest BCUT2D eigenvalue weighted by Gasteiger charge is -2.17. The summed E-state index contributed by atoms with van der Waals surface area (Å²) in [6.07, 6.45) is 13.1. The molecular weight excluding hydrogens is 274 g/mol. The molecule has 0 aliphatic rings. The molecule has 0 spiro atoms. The Labute approximate surface area is 138 Å². The third kappa shape index (κ3) is 14.4. The van der Waals surface area contributed by atoms with Gasteiger partial charge in [0.15, 0.2) is 0 Å². The zero-order valence-corrected chi connectivity index (χ0v) is 15.4. The van der Waals surface area contributed by atoms with E-state index in [9.17, 15) is 4.79 Å². The van der Waals surface area contributed by atoms with Crippen LogP contribution in [0.5, 0.6) is 0 Å². The number of unbranched alkanes of at least 4 members (excludes halogenated alkanes) is 8. The van der Waals surface area contributed by atoms with Crippen LogP contribution in [0.4, 0.5) is 0 Å². The van der Waals surface area contributed by atoms with Gasteiger partial charge in [-0.05, 0) is 25.9 Å². The Morgan fingerprint density at radius 2 is 1.32 bits per heavy atom. The molecule has 0 bridgehead atoms. The van der Waals surface area contributed by atoms with Crippen LogP contribution in [0.15, 0.2) is 0 Å². The number of hydrogen-bond acceptors (Lipinski definition) is 3. The maximum atomic E-state index is 11.6. The Morgan fingerprint density at radius 3 is 1.86 bits per heavy atom. The topological polar surface area (TPSA) is 29.5 Å². The van der Waals surface area contributed by atoms with Gasteiger partial charge in [0.2, 0.25) is 0 Å². The Balaban J connectivity index is 3.26. The van der Waals surface area contributed by atoms with Gasteiger partial charge in [0.25, 0.3) is 0 Å². The molecule has 0 aliphatic carbocycles. The van der Waals surface area contributed by atoms with Gasteiger partial charge in [-0.1, -0.05) is 72.1 Å². The van der Waals surface area contributed by atoms with Crippen molar-refractivity contribution >= 4 is 5.97 Å². The van der Waals surface area contributed by atoms with Crippen LogP contribution in [-0.2, 0) is 9.53 Å². The molecule has 3 nitrogen and oxygen atoms in total. The minimum absolute atomic E-state index is 0.0116. The number of rotatable bonds is 16. The summed E-state index contributed by atoms with van der Waals surface area (Å²) in [6.45, 7) is 10.3. The second-order valence-corrected chi connectivity index (χ2v) is 6.18. The first-order valence-electron chi connectivity index (χ1n) is 9.62. The maximum Gasteiger partial charge on any atom is 0.305 e. The quantitative estimate of drug-likeness (QED) is 0.290. The molecule has 0 amide bonds. The summed E-state index contributed by atoms with van der Waals surface area (Å²) < 4.78 is 5.29. The average molecular weight is 314 g/mol. The standard InChI is InChI=1S/C19H39NO2/c1-4-7-8-9-10-11-12-13-14-16-19(21)22-18-15-17-20(5-2)6-3/h4-18H2,1-3H3. The predicted molar refractivity (Wildman–Crippen MR) is 95.2 cm³/mol. The fourth-order valence-corrected chi connectivity index (χ4v) is 2.67. The summed E-state index contributed by atoms with van der Waals surface area (Å²) in [5, 5.41) is 0. The maximum absolute atomic E-state index is 11.6. The fourth-order valence-electron chi connectivity index (χ4n) is 2.67. The Bertz CT molecular complexity index is 240. The molecule has 0 radical (unpaired) electrons. The molecule has 132 valence electrons. The zero-order chi connectivity index (χ0) is 16.5. The molecule has 0 saturated heterocycles. The van der Waals surface area contributed by atoms with Gasteiger partial charge in [-0.2, -0.15) is 0 Å². The van der Waals surface area contributed by atoms with Crippen molar-refractivity contribution in [2.24, 2.45) is 0 Å². The lowest BCUT2D eigenvalue weighted by Crippen LogP contribution is -2.25. The first-order valence-corrected chi connectivity index (χ1v) is 9.62. The number of ether oxygens (including phenoxy) is 1. The molecule has 22 heavy (non-hydrogen) atoms. The van der Waals surface area contributed by atoms with Crippen LogP contribution in [-0.4, -0.2) is 37.1 Å². The van der Waals surface area contributed by atoms with Crippen LogP contribution in [0.2, 0.25) is 0 Å². The van der Waals surface area contributed by atoms with Crippen LogP contribution < -0.4 is 0 Å². The zero-order valence-electron chi connectivity index (χ0n) is 15.4. The molecule has 0 fully saturated rings. The molecule has 0 atom stereocenters. The predicted octanol–water partition coefficient (Wildman–Crippen LogP) is 5.18. The Hall–Kier alpha value is -0.570. The van der Waals surface area contributed by atoms with Crippen LogP contribution in [0, 0.1) is 0 Å². The van der Waals surface area contributed by atoms with Crippen LogP contribution >= 0.6 is 0 Å². The van der Waals surface area contributed by atoms with Gasteiger partial charge in [0, 0.05) is 13.0 Å². The van der Waals surface area contributed by atoms with Crippen molar-refractivity contribution in [2.75, 3.05) is 26.2 Å². The average Bonchev–Trinajstić information content (AvgIpc) is 2.53. The molecular formula is C19H39NO2. The highest BCUT2D eigenvalue weighted by Crippen LogP contribution is 2.10. The van der Waals surface area contributed by atoms with Crippen LogP contribution in [0.3, 0.4) is 0 Å². The molecule has 0 aromatic carbocycles. The van der Waals surface area contributed by atoms with Crippen molar-refractivity contribution in [2.45, 2.75) is 91.4 Å². The van der Waals surface area contributed by atoms with Crippen molar-refractivity contribution < 1.29 is 9.53 Å². The van der Waals surface area contributed by atoms with Gasteiger partial charge < -0.3 is 9.64 Å². The van der Waals surface area contributed by atoms with Crippen molar-refractivity contribution in [3.63, 3.8) is 0 Å². The third-order valence-corrected chi connectivity index (χ3v) is 4.26. The Morgan fingerprint density at radius 1 is 0.773 bits per heavy atom. The smallest absolute Gasteiger partial charge is 0.305 e. The normalized spacial score (nSPS) is 11.1. The molecule has 0 heterocycles. The summed E-state index contributed by atoms with van der Waals surface area (Å²) >= 11 is 0. The largest absolute Gasteiger partial charge is 0.466 e. The lowest BCUT2D eigenvalue weighted by atomic mass is 10.1. The molecule has 0 N–H and O–H groups in total. The fraction of sp³-hybridized carbons (Fsp3) is 0.947. The van der Waals surface area contributed by atoms with Gasteiger partial charge in [-0.15, -0.1) is 0 Å². The van der Waals surface area contributed by atoms with Crippen LogP contribution in [0.25, 0.3) is 0 Å². The first kappa shape index (κ1) is 21.4. The van der Waals surface area contributed by atoms with E-state index in [4.69, 9.17) is 4.74 Å². The molecule has 0 aromatic heterocycles. The summed E-state index contributed by atoms with van der Waals surface area (Å²) in [6, 6.07) is 0. The number of carbonyl (C=O) groups is 1. The molecule has 0 aromatic rings. The molecule has 0 saturated carbocycles. The summed E-state index contributed by atoms with van der Waals surface area (Å²) in [4.78, 5) is 14.0. The van der Waals surface area contributed by atoms with Gasteiger partial charge >= 0.3 is 5.97 Å². The van der Waals surface area contributed by atoms with Crippen LogP contribution in [0.1, 0.15) is 91.4 Å². The van der Waals surface area contributed by atoms with E-state index < -0.39 is 0 Å². The van der Waals surface area contributed by atoms with E-state index >= 15 is 0 Å². The van der Waals surface area contributed by atoms with Gasteiger partial charge in [-0.3, -0.25) is 4.79 Å². The highest BCUT2D eigenvalue weighted by atomic mass is 16.5. The van der Waals surface area contributed by atoms with Crippen molar-refractivity contribution in [3.05, 3.63) is 0 Å². The second kappa shape index (κ2) is 16.8. The van der Waals surface area contributed by atoms with E-state index in [1.165, 1.54) is 51.4 Å². The van der Waals surface area contributed by atoms with E-state index in [1.807, 2.05) is 0 Å². The summed E-state index contributed by atoms with van der Waals surface area (Å²) in [5.74, 6) is -0.0116. The van der Waals surface area contributed by atoms with Gasteiger partial charge in [-0.25, -0.2) is 0 Å². The minimum Gasteiger partial charge on any atom is -0.466 e. The minimum atomic E-state index is -0.0116. The van der Waals surface area contributed by atoms with E-state index in [0.29, 0.717) is 13.0 Å². The van der Waals surface area contributed by atoms with E-state index in [-0.39, 0.29) is 5.97 Å². The SMILES string of the molecule is CCCCCCCCCCCC(=O)OCCCN(CC)CC. The number of carbonyl (C=O) groups excluding carboxylic acids is 1. The highest BCUT2D eigenvalue weighted by molar-refractivity contribution is 5.69. The molecule has 0 unspecified atom stereocenters. The summed E-state index contributed by atoms with van der Waals surface area (Å²) in [5.41, 5.74) is 0. The molecule has 0 aliphatic heterocycles. The van der Waals surface area contributed by atoms with Crippen molar-refractivity contribution in [1.82, 2.24) is 4.90 Å². The first-order chi connectivity index (χ1) is 10.7. The van der Waals surface area contributed by atoms with Crippen molar-refractivity contribution in [1.29, 1.82) is 0 Å². The van der Waals surface area contributed by atoms with Gasteiger partial charge in [0.05, 0.1) is 6.61 Å². The molecule has 3 heteroatoms. The Kier molecular flexibility index (Phi) is 16.4. The number of hydrogen-bond donors (Lipinski definition) is 0. The van der Waals surface area contributed by atoms with E-state index in [1.54, 1.807) is 0 Å².